The van der Waals surface area contributed by atoms with Gasteiger partial charge >= 0.3 is 5.97 Å². The number of carbonyl (C=O) groups excluding carboxylic acids is 1. The molecule has 0 N–H and O–H groups in total. The van der Waals surface area contributed by atoms with E-state index in [-0.39, 0.29) is 12.3 Å². The molecule has 4 atom stereocenters. The van der Waals surface area contributed by atoms with Crippen LogP contribution >= 0.6 is 0 Å². The Morgan fingerprint density at radius 2 is 2.21 bits per heavy atom. The smallest absolute Gasteiger partial charge is 0.332 e. The molecule has 0 spiro atoms. The molecule has 19 heavy (non-hydrogen) atoms. The van der Waals surface area contributed by atoms with E-state index in [2.05, 4.69) is 6.58 Å². The zero-order chi connectivity index (χ0) is 13.3. The summed E-state index contributed by atoms with van der Waals surface area (Å²) in [4.78, 5) is 11.6. The second-order valence-electron chi connectivity index (χ2n) is 5.93. The summed E-state index contributed by atoms with van der Waals surface area (Å²) in [5, 5.41) is 0. The molecule has 4 heteroatoms. The van der Waals surface area contributed by atoms with Gasteiger partial charge in [0.05, 0.1) is 0 Å². The molecule has 0 aromatic carbocycles. The van der Waals surface area contributed by atoms with Crippen LogP contribution in [0, 0.1) is 11.8 Å². The first-order valence-corrected chi connectivity index (χ1v) is 7.37. The molecular formula is C15H22O4. The summed E-state index contributed by atoms with van der Waals surface area (Å²) in [6.07, 6.45) is 8.34. The first-order chi connectivity index (χ1) is 9.22. The molecule has 4 nitrogen and oxygen atoms in total. The third-order valence-corrected chi connectivity index (χ3v) is 4.65. The van der Waals surface area contributed by atoms with Gasteiger partial charge in [0.15, 0.2) is 6.29 Å². The normalized spacial score (nSPS) is 41.2. The third kappa shape index (κ3) is 2.56. The summed E-state index contributed by atoms with van der Waals surface area (Å²) < 4.78 is 17.4. The van der Waals surface area contributed by atoms with Gasteiger partial charge in [-0.2, -0.15) is 0 Å². The lowest BCUT2D eigenvalue weighted by Crippen LogP contribution is -2.46. The van der Waals surface area contributed by atoms with E-state index in [4.69, 9.17) is 14.2 Å². The molecule has 3 fully saturated rings. The van der Waals surface area contributed by atoms with E-state index in [1.54, 1.807) is 0 Å². The zero-order valence-corrected chi connectivity index (χ0v) is 11.3. The van der Waals surface area contributed by atoms with Gasteiger partial charge in [0.1, 0.15) is 0 Å². The van der Waals surface area contributed by atoms with Crippen molar-refractivity contribution in [2.75, 3.05) is 6.61 Å². The molecule has 0 amide bonds. The van der Waals surface area contributed by atoms with Crippen molar-refractivity contribution in [3.63, 3.8) is 0 Å². The Balaban J connectivity index is 1.72. The van der Waals surface area contributed by atoms with Crippen molar-refractivity contribution in [3.05, 3.63) is 12.7 Å². The van der Waals surface area contributed by atoms with Crippen LogP contribution in [0.5, 0.6) is 0 Å². The molecule has 2 saturated carbocycles. The number of esters is 1. The molecule has 1 aliphatic heterocycles. The van der Waals surface area contributed by atoms with Crippen LogP contribution in [0.4, 0.5) is 0 Å². The topological polar surface area (TPSA) is 44.8 Å². The SMILES string of the molecule is C=CC(=O)OC1(OC2CCCCO2)CC2CCC1C2. The van der Waals surface area contributed by atoms with E-state index in [9.17, 15) is 4.79 Å². The molecular weight excluding hydrogens is 244 g/mol. The van der Waals surface area contributed by atoms with E-state index in [0.29, 0.717) is 11.8 Å². The lowest BCUT2D eigenvalue weighted by Gasteiger charge is -2.39. The predicted molar refractivity (Wildman–Crippen MR) is 69.1 cm³/mol. The summed E-state index contributed by atoms with van der Waals surface area (Å²) in [6.45, 7) is 4.22. The predicted octanol–water partition coefficient (Wildman–Crippen LogP) is 2.78. The summed E-state index contributed by atoms with van der Waals surface area (Å²) in [6, 6.07) is 0. The second kappa shape index (κ2) is 5.25. The molecule has 0 aromatic heterocycles. The number of fused-ring (bicyclic) bond motifs is 2. The van der Waals surface area contributed by atoms with Crippen LogP contribution < -0.4 is 0 Å². The first-order valence-electron chi connectivity index (χ1n) is 7.37. The van der Waals surface area contributed by atoms with Crippen molar-refractivity contribution < 1.29 is 19.0 Å². The maximum absolute atomic E-state index is 11.6. The average Bonchev–Trinajstić information content (AvgIpc) is 3.00. The number of rotatable bonds is 4. The molecule has 1 heterocycles. The quantitative estimate of drug-likeness (QED) is 0.446. The van der Waals surface area contributed by atoms with Crippen molar-refractivity contribution in [1.82, 2.24) is 0 Å². The van der Waals surface area contributed by atoms with Crippen molar-refractivity contribution in [2.24, 2.45) is 11.8 Å². The Kier molecular flexibility index (Phi) is 3.63. The van der Waals surface area contributed by atoms with E-state index < -0.39 is 5.79 Å². The van der Waals surface area contributed by atoms with Crippen molar-refractivity contribution in [1.29, 1.82) is 0 Å². The monoisotopic (exact) mass is 266 g/mol. The summed E-state index contributed by atoms with van der Waals surface area (Å²) in [7, 11) is 0. The maximum atomic E-state index is 11.6. The number of hydrogen-bond acceptors (Lipinski definition) is 4. The molecule has 2 aliphatic carbocycles. The van der Waals surface area contributed by atoms with Crippen LogP contribution in [0.15, 0.2) is 12.7 Å². The molecule has 3 rings (SSSR count). The van der Waals surface area contributed by atoms with E-state index in [1.165, 1.54) is 12.5 Å². The van der Waals surface area contributed by atoms with Crippen molar-refractivity contribution in [2.45, 2.75) is 57.0 Å². The van der Waals surface area contributed by atoms with Crippen molar-refractivity contribution >= 4 is 5.97 Å². The molecule has 1 saturated heterocycles. The minimum atomic E-state index is -0.754. The first kappa shape index (κ1) is 13.1. The van der Waals surface area contributed by atoms with Gasteiger partial charge in [-0.25, -0.2) is 4.79 Å². The molecule has 2 bridgehead atoms. The van der Waals surface area contributed by atoms with Gasteiger partial charge < -0.3 is 14.2 Å². The Labute approximate surface area is 114 Å². The van der Waals surface area contributed by atoms with Crippen LogP contribution in [-0.2, 0) is 19.0 Å². The highest BCUT2D eigenvalue weighted by Crippen LogP contribution is 2.54. The lowest BCUT2D eigenvalue weighted by atomic mass is 9.93. The molecule has 3 aliphatic rings. The number of carbonyl (C=O) groups is 1. The Hall–Kier alpha value is -0.870. The fourth-order valence-corrected chi connectivity index (χ4v) is 3.76. The van der Waals surface area contributed by atoms with Gasteiger partial charge in [-0.05, 0) is 44.4 Å². The average molecular weight is 266 g/mol. The van der Waals surface area contributed by atoms with Crippen LogP contribution in [0.25, 0.3) is 0 Å². The fourth-order valence-electron chi connectivity index (χ4n) is 3.76. The highest BCUT2D eigenvalue weighted by Gasteiger charge is 2.56. The maximum Gasteiger partial charge on any atom is 0.332 e. The van der Waals surface area contributed by atoms with Crippen LogP contribution in [-0.4, -0.2) is 24.7 Å². The Morgan fingerprint density at radius 3 is 2.79 bits per heavy atom. The van der Waals surface area contributed by atoms with Gasteiger partial charge in [-0.1, -0.05) is 6.58 Å². The van der Waals surface area contributed by atoms with Crippen molar-refractivity contribution in [3.8, 4) is 0 Å². The van der Waals surface area contributed by atoms with Gasteiger partial charge in [0, 0.05) is 25.0 Å². The minimum Gasteiger partial charge on any atom is -0.430 e. The van der Waals surface area contributed by atoms with E-state index in [1.807, 2.05) is 0 Å². The fraction of sp³-hybridized carbons (Fsp3) is 0.800. The van der Waals surface area contributed by atoms with E-state index in [0.717, 1.165) is 45.1 Å². The molecule has 106 valence electrons. The highest BCUT2D eigenvalue weighted by atomic mass is 16.8. The molecule has 0 aromatic rings. The summed E-state index contributed by atoms with van der Waals surface area (Å²) >= 11 is 0. The van der Waals surface area contributed by atoms with Gasteiger partial charge in [-0.15, -0.1) is 0 Å². The molecule has 0 radical (unpaired) electrons. The number of hydrogen-bond donors (Lipinski definition) is 0. The van der Waals surface area contributed by atoms with Crippen LogP contribution in [0.2, 0.25) is 0 Å². The zero-order valence-electron chi connectivity index (χ0n) is 11.3. The summed E-state index contributed by atoms with van der Waals surface area (Å²) in [5.74, 6) is -0.183. The number of ether oxygens (including phenoxy) is 3. The second-order valence-corrected chi connectivity index (χ2v) is 5.93. The van der Waals surface area contributed by atoms with Gasteiger partial charge in [0.2, 0.25) is 5.79 Å². The van der Waals surface area contributed by atoms with Gasteiger partial charge in [0.25, 0.3) is 0 Å². The van der Waals surface area contributed by atoms with Crippen LogP contribution in [0.3, 0.4) is 0 Å². The van der Waals surface area contributed by atoms with Gasteiger partial charge in [-0.3, -0.25) is 0 Å². The minimum absolute atomic E-state index is 0.217. The Bertz CT molecular complexity index is 361. The van der Waals surface area contributed by atoms with E-state index >= 15 is 0 Å². The lowest BCUT2D eigenvalue weighted by molar-refractivity contribution is -0.319. The standard InChI is InChI=1S/C15H22O4/c1-2-13(16)18-15(10-11-6-7-12(15)9-11)19-14-5-3-4-8-17-14/h2,11-12,14H,1,3-10H2. The molecule has 4 unspecified atom stereocenters. The summed E-state index contributed by atoms with van der Waals surface area (Å²) in [5.41, 5.74) is 0. The van der Waals surface area contributed by atoms with Crippen LogP contribution in [0.1, 0.15) is 44.9 Å². The highest BCUT2D eigenvalue weighted by molar-refractivity contribution is 5.81. The largest absolute Gasteiger partial charge is 0.430 e. The Morgan fingerprint density at radius 1 is 1.32 bits per heavy atom. The third-order valence-electron chi connectivity index (χ3n) is 4.65.